The van der Waals surface area contributed by atoms with E-state index in [1.807, 2.05) is 0 Å². The fraction of sp³-hybridized carbons (Fsp3) is 0.389. The Hall–Kier alpha value is -2.45. The second kappa shape index (κ2) is 8.28. The minimum absolute atomic E-state index is 0.209. The monoisotopic (exact) mass is 427 g/mol. The third-order valence-electron chi connectivity index (χ3n) is 4.24. The molecule has 1 fully saturated rings. The maximum atomic E-state index is 11.6. The molecule has 1 aliphatic rings. The van der Waals surface area contributed by atoms with Crippen LogP contribution in [0.4, 0.5) is 0 Å². The summed E-state index contributed by atoms with van der Waals surface area (Å²) in [5, 5.41) is 17.1. The first-order valence-electron chi connectivity index (χ1n) is 8.51. The zero-order valence-corrected chi connectivity index (χ0v) is 17.0. The van der Waals surface area contributed by atoms with Gasteiger partial charge in [-0.05, 0) is 25.8 Å². The van der Waals surface area contributed by atoms with Crippen LogP contribution in [0.1, 0.15) is 36.9 Å². The number of methoxy groups -OCH3 is 1. The fourth-order valence-electron chi connectivity index (χ4n) is 2.69. The van der Waals surface area contributed by atoms with Gasteiger partial charge in [-0.3, -0.25) is 0 Å². The van der Waals surface area contributed by atoms with Gasteiger partial charge in [-0.1, -0.05) is 28.4 Å². The van der Waals surface area contributed by atoms with E-state index < -0.39 is 12.1 Å². The number of hydrogen-bond acceptors (Lipinski definition) is 7. The molecule has 0 unspecified atom stereocenters. The largest absolute Gasteiger partial charge is 0.477 e. The molecule has 1 N–H and O–H groups in total. The molecule has 0 radical (unpaired) electrons. The molecule has 1 aromatic heterocycles. The van der Waals surface area contributed by atoms with Crippen LogP contribution < -0.4 is 9.47 Å². The van der Waals surface area contributed by atoms with Crippen molar-refractivity contribution in [2.45, 2.75) is 31.8 Å². The van der Waals surface area contributed by atoms with Crippen LogP contribution in [0.15, 0.2) is 17.3 Å². The van der Waals surface area contributed by atoms with Crippen LogP contribution in [-0.4, -0.2) is 40.4 Å². The molecule has 1 aromatic carbocycles. The smallest absolute Gasteiger partial charge is 0.346 e. The molecule has 0 amide bonds. The van der Waals surface area contributed by atoms with Crippen molar-refractivity contribution in [2.75, 3.05) is 7.11 Å². The molecule has 0 saturated heterocycles. The Balaban J connectivity index is 1.94. The molecule has 1 aliphatic carbocycles. The highest BCUT2D eigenvalue weighted by Crippen LogP contribution is 2.44. The Bertz CT molecular complexity index is 924. The number of oxime groups is 1. The van der Waals surface area contributed by atoms with Crippen LogP contribution >= 0.6 is 23.2 Å². The van der Waals surface area contributed by atoms with Crippen molar-refractivity contribution in [1.29, 1.82) is 0 Å². The Morgan fingerprint density at radius 3 is 2.64 bits per heavy atom. The molecule has 0 aliphatic heterocycles. The van der Waals surface area contributed by atoms with Gasteiger partial charge in [0.1, 0.15) is 5.75 Å². The molecular weight excluding hydrogens is 409 g/mol. The fourth-order valence-corrected chi connectivity index (χ4v) is 3.16. The van der Waals surface area contributed by atoms with Crippen molar-refractivity contribution in [3.8, 4) is 17.4 Å². The number of hydrogen-bond donors (Lipinski definition) is 1. The molecule has 150 valence electrons. The van der Waals surface area contributed by atoms with E-state index in [1.54, 1.807) is 11.7 Å². The van der Waals surface area contributed by atoms with Crippen LogP contribution in [-0.2, 0) is 16.6 Å². The third kappa shape index (κ3) is 4.18. The standard InChI is InChI=1S/C18H19Cl2N3O5/c1-9(18(24)26-3)27-14-7-15(13(20)6-12(14)19)28-17-11(8-21-25)16(10-4-5-10)22-23(17)2/h6-10,25H,4-5H2,1-3H3/b21-8+/t9-/m0/s1. The molecule has 0 spiro atoms. The summed E-state index contributed by atoms with van der Waals surface area (Å²) in [7, 11) is 2.99. The van der Waals surface area contributed by atoms with Gasteiger partial charge in [0, 0.05) is 19.0 Å². The Morgan fingerprint density at radius 2 is 2.04 bits per heavy atom. The van der Waals surface area contributed by atoms with Gasteiger partial charge in [0.15, 0.2) is 11.9 Å². The van der Waals surface area contributed by atoms with Gasteiger partial charge in [-0.2, -0.15) is 5.10 Å². The minimum Gasteiger partial charge on any atom is -0.477 e. The summed E-state index contributed by atoms with van der Waals surface area (Å²) in [5.74, 6) is 0.584. The first-order chi connectivity index (χ1) is 13.3. The van der Waals surface area contributed by atoms with E-state index in [1.165, 1.54) is 32.4 Å². The van der Waals surface area contributed by atoms with E-state index >= 15 is 0 Å². The lowest BCUT2D eigenvalue weighted by Crippen LogP contribution is -2.25. The van der Waals surface area contributed by atoms with Crippen molar-refractivity contribution in [1.82, 2.24) is 9.78 Å². The molecular formula is C18H19Cl2N3O5. The van der Waals surface area contributed by atoms with Gasteiger partial charge in [-0.15, -0.1) is 0 Å². The van der Waals surface area contributed by atoms with E-state index in [9.17, 15) is 4.79 Å². The molecule has 2 aromatic rings. The summed E-state index contributed by atoms with van der Waals surface area (Å²) in [6, 6.07) is 2.93. The zero-order chi connectivity index (χ0) is 20.4. The highest BCUT2D eigenvalue weighted by molar-refractivity contribution is 6.36. The number of benzene rings is 1. The quantitative estimate of drug-likeness (QED) is 0.308. The number of rotatable bonds is 7. The van der Waals surface area contributed by atoms with E-state index in [0.717, 1.165) is 18.5 Å². The Labute approximate surface area is 171 Å². The van der Waals surface area contributed by atoms with Gasteiger partial charge in [0.2, 0.25) is 5.88 Å². The summed E-state index contributed by atoms with van der Waals surface area (Å²) in [6.07, 6.45) is 2.46. The number of esters is 1. The lowest BCUT2D eigenvalue weighted by atomic mass is 10.2. The predicted molar refractivity (Wildman–Crippen MR) is 103 cm³/mol. The van der Waals surface area contributed by atoms with Crippen molar-refractivity contribution >= 4 is 35.4 Å². The summed E-state index contributed by atoms with van der Waals surface area (Å²) in [4.78, 5) is 11.6. The molecule has 1 heterocycles. The van der Waals surface area contributed by atoms with Crippen LogP contribution in [0, 0.1) is 0 Å². The minimum atomic E-state index is -0.869. The lowest BCUT2D eigenvalue weighted by molar-refractivity contribution is -0.147. The van der Waals surface area contributed by atoms with Crippen LogP contribution in [0.3, 0.4) is 0 Å². The van der Waals surface area contributed by atoms with Gasteiger partial charge < -0.3 is 19.4 Å². The highest BCUT2D eigenvalue weighted by atomic mass is 35.5. The van der Waals surface area contributed by atoms with Crippen molar-refractivity contribution in [3.63, 3.8) is 0 Å². The SMILES string of the molecule is COC(=O)[C@H](C)Oc1cc(Oc2c(/C=N/O)c(C3CC3)nn2C)c(Cl)cc1Cl. The molecule has 0 bridgehead atoms. The summed E-state index contributed by atoms with van der Waals surface area (Å²) >= 11 is 12.4. The van der Waals surface area contributed by atoms with E-state index in [-0.39, 0.29) is 21.5 Å². The summed E-state index contributed by atoms with van der Waals surface area (Å²) in [6.45, 7) is 1.54. The second-order valence-electron chi connectivity index (χ2n) is 6.34. The maximum Gasteiger partial charge on any atom is 0.346 e. The predicted octanol–water partition coefficient (Wildman–Crippen LogP) is 4.15. The molecule has 10 heteroatoms. The number of carbonyl (C=O) groups excluding carboxylic acids is 1. The first kappa shape index (κ1) is 20.3. The normalized spacial score (nSPS) is 14.9. The third-order valence-corrected chi connectivity index (χ3v) is 4.83. The molecule has 28 heavy (non-hydrogen) atoms. The highest BCUT2D eigenvalue weighted by Gasteiger charge is 2.32. The van der Waals surface area contributed by atoms with E-state index in [2.05, 4.69) is 15.0 Å². The average Bonchev–Trinajstić information content (AvgIpc) is 3.45. The van der Waals surface area contributed by atoms with Crippen molar-refractivity contribution in [3.05, 3.63) is 33.4 Å². The van der Waals surface area contributed by atoms with E-state index in [0.29, 0.717) is 17.4 Å². The lowest BCUT2D eigenvalue weighted by Gasteiger charge is -2.16. The number of aryl methyl sites for hydroxylation is 1. The molecule has 1 atom stereocenters. The van der Waals surface area contributed by atoms with Gasteiger partial charge in [0.05, 0.1) is 34.6 Å². The molecule has 1 saturated carbocycles. The van der Waals surface area contributed by atoms with Gasteiger partial charge >= 0.3 is 5.97 Å². The number of carbonyl (C=O) groups is 1. The summed E-state index contributed by atoms with van der Waals surface area (Å²) < 4.78 is 17.7. The number of aromatic nitrogens is 2. The molecule has 3 rings (SSSR count). The van der Waals surface area contributed by atoms with Crippen LogP contribution in [0.25, 0.3) is 0 Å². The second-order valence-corrected chi connectivity index (χ2v) is 7.16. The van der Waals surface area contributed by atoms with E-state index in [4.69, 9.17) is 37.9 Å². The maximum absolute atomic E-state index is 11.6. The Morgan fingerprint density at radius 1 is 1.36 bits per heavy atom. The average molecular weight is 428 g/mol. The van der Waals surface area contributed by atoms with Gasteiger partial charge in [-0.25, -0.2) is 9.48 Å². The molecule has 8 nitrogen and oxygen atoms in total. The Kier molecular flexibility index (Phi) is 6.00. The number of halogens is 2. The zero-order valence-electron chi connectivity index (χ0n) is 15.5. The van der Waals surface area contributed by atoms with Crippen LogP contribution in [0.5, 0.6) is 17.4 Å². The topological polar surface area (TPSA) is 95.2 Å². The van der Waals surface area contributed by atoms with Crippen molar-refractivity contribution < 1.29 is 24.2 Å². The number of nitrogens with zero attached hydrogens (tertiary/aromatic N) is 3. The van der Waals surface area contributed by atoms with Crippen LogP contribution in [0.2, 0.25) is 10.0 Å². The number of ether oxygens (including phenoxy) is 3. The van der Waals surface area contributed by atoms with Crippen molar-refractivity contribution in [2.24, 2.45) is 12.2 Å². The van der Waals surface area contributed by atoms with Gasteiger partial charge in [0.25, 0.3) is 0 Å². The summed E-state index contributed by atoms with van der Waals surface area (Å²) in [5.41, 5.74) is 1.38. The first-order valence-corrected chi connectivity index (χ1v) is 9.27.